The van der Waals surface area contributed by atoms with E-state index in [9.17, 15) is 9.90 Å². The van der Waals surface area contributed by atoms with Crippen LogP contribution in [0.3, 0.4) is 0 Å². The van der Waals surface area contributed by atoms with Gasteiger partial charge in [0.1, 0.15) is 10.9 Å². The number of aromatic nitrogens is 1. The molecule has 0 bridgehead atoms. The number of nitrogens with zero attached hydrogens (tertiary/aromatic N) is 2. The maximum atomic E-state index is 12.5. The summed E-state index contributed by atoms with van der Waals surface area (Å²) >= 11 is 11.7. The number of pyridine rings is 1. The molecule has 6 heteroatoms. The molecule has 0 saturated carbocycles. The number of phenols is 1. The number of hydrogen-bond donors (Lipinski definition) is 1. The topological polar surface area (TPSA) is 53.4 Å². The second-order valence-corrected chi connectivity index (χ2v) is 5.69. The van der Waals surface area contributed by atoms with Crippen molar-refractivity contribution in [3.8, 4) is 5.75 Å². The molecule has 0 fully saturated rings. The van der Waals surface area contributed by atoms with Gasteiger partial charge in [-0.1, -0.05) is 29.3 Å². The fourth-order valence-electron chi connectivity index (χ4n) is 2.44. The lowest BCUT2D eigenvalue weighted by Gasteiger charge is -2.29. The zero-order chi connectivity index (χ0) is 15.0. The third-order valence-electron chi connectivity index (χ3n) is 3.53. The molecule has 1 N–H and O–H groups in total. The van der Waals surface area contributed by atoms with Crippen LogP contribution >= 0.6 is 23.2 Å². The summed E-state index contributed by atoms with van der Waals surface area (Å²) in [6, 6.07) is 6.78. The Bertz CT molecular complexity index is 719. The van der Waals surface area contributed by atoms with Gasteiger partial charge in [-0.25, -0.2) is 4.98 Å². The first-order valence-electron chi connectivity index (χ1n) is 6.45. The van der Waals surface area contributed by atoms with Crippen molar-refractivity contribution in [1.29, 1.82) is 0 Å². The highest BCUT2D eigenvalue weighted by Gasteiger charge is 2.22. The number of fused-ring (bicyclic) bond motifs is 1. The summed E-state index contributed by atoms with van der Waals surface area (Å²) in [6.07, 6.45) is 2.19. The highest BCUT2D eigenvalue weighted by Crippen LogP contribution is 2.25. The minimum Gasteiger partial charge on any atom is -0.508 e. The standard InChI is InChI=1S/C15H12Cl2N2O2/c16-13-6-10(7-18-14(13)17)15(21)19-4-3-9-1-2-12(20)5-11(9)8-19/h1-2,5-7,20H,3-4,8H2. The summed E-state index contributed by atoms with van der Waals surface area (Å²) in [5.74, 6) is 0.0642. The van der Waals surface area contributed by atoms with Crippen LogP contribution in [0.2, 0.25) is 10.2 Å². The number of aromatic hydroxyl groups is 1. The Morgan fingerprint density at radius 3 is 2.81 bits per heavy atom. The number of amides is 1. The number of carbonyl (C=O) groups excluding carboxylic acids is 1. The third kappa shape index (κ3) is 2.82. The monoisotopic (exact) mass is 322 g/mol. The Hall–Kier alpha value is -1.78. The average molecular weight is 323 g/mol. The Balaban J connectivity index is 1.85. The molecule has 2 heterocycles. The smallest absolute Gasteiger partial charge is 0.255 e. The van der Waals surface area contributed by atoms with E-state index < -0.39 is 0 Å². The van der Waals surface area contributed by atoms with Crippen LogP contribution < -0.4 is 0 Å². The maximum absolute atomic E-state index is 12.5. The molecular formula is C15H12Cl2N2O2. The molecule has 1 aliphatic heterocycles. The first-order valence-corrected chi connectivity index (χ1v) is 7.21. The van der Waals surface area contributed by atoms with Crippen LogP contribution in [0.25, 0.3) is 0 Å². The van der Waals surface area contributed by atoms with Crippen molar-refractivity contribution in [2.24, 2.45) is 0 Å². The van der Waals surface area contributed by atoms with E-state index in [4.69, 9.17) is 23.2 Å². The van der Waals surface area contributed by atoms with Crippen molar-refractivity contribution in [3.63, 3.8) is 0 Å². The van der Waals surface area contributed by atoms with Crippen LogP contribution in [0.1, 0.15) is 21.5 Å². The van der Waals surface area contributed by atoms with Gasteiger partial charge in [0.15, 0.2) is 0 Å². The molecule has 0 saturated heterocycles. The zero-order valence-electron chi connectivity index (χ0n) is 11.0. The van der Waals surface area contributed by atoms with E-state index >= 15 is 0 Å². The Morgan fingerprint density at radius 2 is 2.05 bits per heavy atom. The number of carbonyl (C=O) groups is 1. The van der Waals surface area contributed by atoms with E-state index in [1.165, 1.54) is 12.3 Å². The number of hydrogen-bond acceptors (Lipinski definition) is 3. The molecule has 0 unspecified atom stereocenters. The van der Waals surface area contributed by atoms with Crippen molar-refractivity contribution in [1.82, 2.24) is 9.88 Å². The quantitative estimate of drug-likeness (QED) is 0.819. The van der Waals surface area contributed by atoms with Gasteiger partial charge >= 0.3 is 0 Å². The molecule has 1 aromatic carbocycles. The minimum absolute atomic E-state index is 0.143. The Morgan fingerprint density at radius 1 is 1.24 bits per heavy atom. The maximum Gasteiger partial charge on any atom is 0.255 e. The van der Waals surface area contributed by atoms with E-state index in [-0.39, 0.29) is 21.8 Å². The fourth-order valence-corrected chi connectivity index (χ4v) is 2.71. The highest BCUT2D eigenvalue weighted by molar-refractivity contribution is 6.41. The molecule has 108 valence electrons. The van der Waals surface area contributed by atoms with E-state index in [1.807, 2.05) is 6.07 Å². The minimum atomic E-state index is -0.143. The van der Waals surface area contributed by atoms with Gasteiger partial charge in [-0.3, -0.25) is 4.79 Å². The average Bonchev–Trinajstić information content (AvgIpc) is 2.48. The SMILES string of the molecule is O=C(c1cnc(Cl)c(Cl)c1)N1CCc2ccc(O)cc2C1. The van der Waals surface area contributed by atoms with Gasteiger partial charge in [0.05, 0.1) is 10.6 Å². The molecule has 0 radical (unpaired) electrons. The Labute approximate surface area is 131 Å². The van der Waals surface area contributed by atoms with Crippen molar-refractivity contribution in [3.05, 3.63) is 57.3 Å². The summed E-state index contributed by atoms with van der Waals surface area (Å²) in [5, 5.41) is 10.00. The summed E-state index contributed by atoms with van der Waals surface area (Å²) in [6.45, 7) is 1.08. The molecule has 1 aliphatic rings. The molecule has 3 rings (SSSR count). The highest BCUT2D eigenvalue weighted by atomic mass is 35.5. The van der Waals surface area contributed by atoms with Crippen molar-refractivity contribution < 1.29 is 9.90 Å². The molecule has 2 aromatic rings. The predicted octanol–water partition coefficient (Wildman–Crippen LogP) is 3.29. The van der Waals surface area contributed by atoms with Gasteiger partial charge in [0, 0.05) is 19.3 Å². The molecule has 1 amide bonds. The molecule has 0 atom stereocenters. The lowest BCUT2D eigenvalue weighted by atomic mass is 9.99. The first-order chi connectivity index (χ1) is 10.0. The van der Waals surface area contributed by atoms with Crippen molar-refractivity contribution in [2.75, 3.05) is 6.54 Å². The zero-order valence-corrected chi connectivity index (χ0v) is 12.5. The van der Waals surface area contributed by atoms with Crippen molar-refractivity contribution >= 4 is 29.1 Å². The van der Waals surface area contributed by atoms with Crippen molar-refractivity contribution in [2.45, 2.75) is 13.0 Å². The lowest BCUT2D eigenvalue weighted by molar-refractivity contribution is 0.0734. The summed E-state index contributed by atoms with van der Waals surface area (Å²) in [4.78, 5) is 18.1. The van der Waals surface area contributed by atoms with Gasteiger partial charge in [-0.15, -0.1) is 0 Å². The molecule has 0 spiro atoms. The van der Waals surface area contributed by atoms with E-state index in [2.05, 4.69) is 4.98 Å². The van der Waals surface area contributed by atoms with Gasteiger partial charge in [-0.2, -0.15) is 0 Å². The van der Waals surface area contributed by atoms with Crippen LogP contribution in [0.15, 0.2) is 30.5 Å². The number of halogens is 2. The molecule has 1 aromatic heterocycles. The van der Waals surface area contributed by atoms with Gasteiger partial charge < -0.3 is 10.0 Å². The first kappa shape index (κ1) is 14.2. The molecule has 21 heavy (non-hydrogen) atoms. The van der Waals surface area contributed by atoms with E-state index in [1.54, 1.807) is 17.0 Å². The van der Waals surface area contributed by atoms with Gasteiger partial charge in [0.2, 0.25) is 0 Å². The van der Waals surface area contributed by atoms with Gasteiger partial charge in [0.25, 0.3) is 5.91 Å². The molecule has 4 nitrogen and oxygen atoms in total. The van der Waals surface area contributed by atoms with Crippen LogP contribution in [0.4, 0.5) is 0 Å². The van der Waals surface area contributed by atoms with E-state index in [0.717, 1.165) is 17.5 Å². The Kier molecular flexibility index (Phi) is 3.74. The molecule has 0 aliphatic carbocycles. The predicted molar refractivity (Wildman–Crippen MR) is 80.8 cm³/mol. The molecular weight excluding hydrogens is 311 g/mol. The second-order valence-electron chi connectivity index (χ2n) is 4.93. The largest absolute Gasteiger partial charge is 0.508 e. The summed E-state index contributed by atoms with van der Waals surface area (Å²) in [7, 11) is 0. The third-order valence-corrected chi connectivity index (χ3v) is 4.22. The summed E-state index contributed by atoms with van der Waals surface area (Å²) < 4.78 is 0. The normalized spacial score (nSPS) is 13.9. The van der Waals surface area contributed by atoms with Crippen LogP contribution in [-0.2, 0) is 13.0 Å². The second kappa shape index (κ2) is 5.54. The van der Waals surface area contributed by atoms with Gasteiger partial charge in [-0.05, 0) is 35.7 Å². The van der Waals surface area contributed by atoms with Crippen LogP contribution in [0, 0.1) is 0 Å². The number of rotatable bonds is 1. The number of phenolic OH excluding ortho intramolecular Hbond substituents is 1. The number of benzene rings is 1. The van der Waals surface area contributed by atoms with E-state index in [0.29, 0.717) is 18.7 Å². The van der Waals surface area contributed by atoms with Crippen LogP contribution in [-0.4, -0.2) is 27.4 Å². The van der Waals surface area contributed by atoms with Crippen LogP contribution in [0.5, 0.6) is 5.75 Å². The summed E-state index contributed by atoms with van der Waals surface area (Å²) in [5.41, 5.74) is 2.53. The lowest BCUT2D eigenvalue weighted by Crippen LogP contribution is -2.36. The fraction of sp³-hybridized carbons (Fsp3) is 0.200.